The molecule has 0 unspecified atom stereocenters. The molecular weight excluding hydrogens is 569 g/mol. The Labute approximate surface area is 276 Å². The summed E-state index contributed by atoms with van der Waals surface area (Å²) in [7, 11) is 0. The average molecular weight is 605 g/mol. The summed E-state index contributed by atoms with van der Waals surface area (Å²) in [6.45, 7) is 4.00. The molecular formula is C46H36O. The molecule has 0 saturated carbocycles. The molecule has 1 aliphatic heterocycles. The smallest absolute Gasteiger partial charge is 0.146 e. The van der Waals surface area contributed by atoms with E-state index in [0.29, 0.717) is 0 Å². The lowest BCUT2D eigenvalue weighted by Crippen LogP contribution is -2.43. The predicted molar refractivity (Wildman–Crippen MR) is 197 cm³/mol. The molecule has 0 saturated heterocycles. The first-order valence-corrected chi connectivity index (χ1v) is 16.6. The molecule has 0 amide bonds. The Bertz CT molecular complexity index is 2080. The van der Waals surface area contributed by atoms with Crippen LogP contribution in [0.1, 0.15) is 47.2 Å². The molecule has 0 radical (unpaired) electrons. The Morgan fingerprint density at radius 3 is 0.894 bits per heavy atom. The van der Waals surface area contributed by atoms with E-state index in [0.717, 1.165) is 33.4 Å². The van der Waals surface area contributed by atoms with Crippen LogP contribution in [-0.4, -0.2) is 0 Å². The van der Waals surface area contributed by atoms with E-state index in [2.05, 4.69) is 182 Å². The summed E-state index contributed by atoms with van der Waals surface area (Å²) < 4.78 is 8.22. The van der Waals surface area contributed by atoms with Gasteiger partial charge in [-0.1, -0.05) is 196 Å². The quantitative estimate of drug-likeness (QED) is 0.182. The minimum absolute atomic E-state index is 0.956. The zero-order valence-corrected chi connectivity index (χ0v) is 26.7. The predicted octanol–water partition coefficient (Wildman–Crippen LogP) is 11.8. The second kappa shape index (κ2) is 11.7. The molecule has 8 aromatic carbocycles. The maximum atomic E-state index is 8.22. The highest BCUT2D eigenvalue weighted by Crippen LogP contribution is 2.58. The molecule has 1 nitrogen and oxygen atoms in total. The van der Waals surface area contributed by atoms with Crippen molar-refractivity contribution in [2.45, 2.75) is 25.0 Å². The molecule has 0 aromatic heterocycles. The van der Waals surface area contributed by atoms with Gasteiger partial charge in [0.2, 0.25) is 0 Å². The minimum Gasteiger partial charge on any atom is -0.340 e. The third kappa shape index (κ3) is 4.20. The molecule has 0 atom stereocenters. The molecule has 1 heteroatoms. The van der Waals surface area contributed by atoms with Crippen LogP contribution in [0.15, 0.2) is 182 Å². The van der Waals surface area contributed by atoms with Crippen LogP contribution in [0, 0.1) is 0 Å². The highest BCUT2D eigenvalue weighted by Gasteiger charge is 2.52. The summed E-state index contributed by atoms with van der Waals surface area (Å²) >= 11 is 0. The first-order chi connectivity index (χ1) is 23.3. The summed E-state index contributed by atoms with van der Waals surface area (Å²) in [5, 5.41) is 7.45. The topological polar surface area (TPSA) is 9.23 Å². The second-order valence-electron chi connectivity index (χ2n) is 11.9. The fraction of sp³-hybridized carbons (Fsp3) is 0.0870. The molecule has 0 N–H and O–H groups in total. The summed E-state index contributed by atoms with van der Waals surface area (Å²) in [6, 6.07) is 65.6. The Kier molecular flexibility index (Phi) is 7.20. The first kappa shape index (κ1) is 28.9. The summed E-state index contributed by atoms with van der Waals surface area (Å²) in [5.74, 6) is 0. The van der Waals surface area contributed by atoms with E-state index >= 15 is 0 Å². The highest BCUT2D eigenvalue weighted by atomic mass is 16.5. The number of rotatable bonds is 4. The molecule has 0 aliphatic carbocycles. The monoisotopic (exact) mass is 604 g/mol. The van der Waals surface area contributed by atoms with Gasteiger partial charge in [0.15, 0.2) is 0 Å². The highest BCUT2D eigenvalue weighted by molar-refractivity contribution is 6.27. The third-order valence-electron chi connectivity index (χ3n) is 9.67. The second-order valence-corrected chi connectivity index (χ2v) is 11.9. The van der Waals surface area contributed by atoms with Crippen LogP contribution in [0.25, 0.3) is 32.3 Å². The van der Waals surface area contributed by atoms with Crippen LogP contribution in [0.2, 0.25) is 0 Å². The van der Waals surface area contributed by atoms with Crippen molar-refractivity contribution in [1.82, 2.24) is 0 Å². The van der Waals surface area contributed by atoms with Crippen molar-refractivity contribution in [3.8, 4) is 0 Å². The molecule has 1 heterocycles. The molecule has 1 aliphatic rings. The van der Waals surface area contributed by atoms with Crippen LogP contribution in [-0.2, 0) is 15.9 Å². The van der Waals surface area contributed by atoms with Gasteiger partial charge in [0, 0.05) is 11.1 Å². The number of hydrogen-bond acceptors (Lipinski definition) is 1. The van der Waals surface area contributed by atoms with E-state index in [4.69, 9.17) is 4.74 Å². The molecule has 0 fully saturated rings. The van der Waals surface area contributed by atoms with Gasteiger partial charge < -0.3 is 4.74 Å². The van der Waals surface area contributed by atoms with Crippen molar-refractivity contribution in [2.75, 3.05) is 0 Å². The maximum Gasteiger partial charge on any atom is 0.146 e. The van der Waals surface area contributed by atoms with Crippen molar-refractivity contribution < 1.29 is 4.74 Å². The molecule has 8 aromatic rings. The Hall–Kier alpha value is -5.50. The third-order valence-corrected chi connectivity index (χ3v) is 9.67. The van der Waals surface area contributed by atoms with Crippen molar-refractivity contribution in [1.29, 1.82) is 0 Å². The lowest BCUT2D eigenvalue weighted by molar-refractivity contribution is -0.0784. The molecule has 0 bridgehead atoms. The van der Waals surface area contributed by atoms with Gasteiger partial charge in [-0.15, -0.1) is 0 Å². The van der Waals surface area contributed by atoms with Crippen LogP contribution in [0.5, 0.6) is 0 Å². The molecule has 47 heavy (non-hydrogen) atoms. The number of benzene rings is 8. The largest absolute Gasteiger partial charge is 0.340 e. The number of ether oxygens (including phenoxy) is 1. The van der Waals surface area contributed by atoms with E-state index in [9.17, 15) is 0 Å². The maximum absolute atomic E-state index is 8.22. The van der Waals surface area contributed by atoms with Crippen LogP contribution in [0.4, 0.5) is 0 Å². The molecule has 226 valence electrons. The van der Waals surface area contributed by atoms with Gasteiger partial charge in [0.25, 0.3) is 0 Å². The van der Waals surface area contributed by atoms with Gasteiger partial charge in [-0.3, -0.25) is 0 Å². The summed E-state index contributed by atoms with van der Waals surface area (Å²) in [4.78, 5) is 0. The van der Waals surface area contributed by atoms with Gasteiger partial charge in [0.05, 0.1) is 0 Å². The minimum atomic E-state index is -0.956. The fourth-order valence-electron chi connectivity index (χ4n) is 7.85. The summed E-state index contributed by atoms with van der Waals surface area (Å²) in [5.41, 5.74) is 4.75. The van der Waals surface area contributed by atoms with Crippen molar-refractivity contribution in [3.63, 3.8) is 0 Å². The number of hydrogen-bond donors (Lipinski definition) is 0. The Morgan fingerprint density at radius 1 is 0.298 bits per heavy atom. The number of fused-ring (bicyclic) bond motifs is 3. The van der Waals surface area contributed by atoms with Gasteiger partial charge >= 0.3 is 0 Å². The zero-order chi connectivity index (χ0) is 31.8. The van der Waals surface area contributed by atoms with Crippen molar-refractivity contribution in [2.24, 2.45) is 0 Å². The van der Waals surface area contributed by atoms with Gasteiger partial charge in [0.1, 0.15) is 11.2 Å². The SMILES string of the molecule is CC.c1ccc(C2(c3ccccc3)OC(c3ccccc3)(c3ccccc3)c3cccc4c5ccccc5c5cccc2c5c34)cc1. The normalized spacial score (nSPS) is 14.4. The van der Waals surface area contributed by atoms with Crippen LogP contribution in [0.3, 0.4) is 0 Å². The zero-order valence-electron chi connectivity index (χ0n) is 26.7. The van der Waals surface area contributed by atoms with Gasteiger partial charge in [-0.25, -0.2) is 0 Å². The van der Waals surface area contributed by atoms with E-state index in [1.54, 1.807) is 0 Å². The van der Waals surface area contributed by atoms with Crippen LogP contribution >= 0.6 is 0 Å². The van der Waals surface area contributed by atoms with E-state index in [1.165, 1.54) is 32.3 Å². The first-order valence-electron chi connectivity index (χ1n) is 16.6. The Balaban J connectivity index is 0.00000159. The lowest BCUT2D eigenvalue weighted by atomic mass is 9.77. The molecule has 9 rings (SSSR count). The fourth-order valence-corrected chi connectivity index (χ4v) is 7.85. The standard InChI is InChI=1S/C44H30O.C2H6/c1-5-17-31(18-6-1)43(32-19-7-2-8-20-32)39-29-15-27-37-35-25-13-14-26-36(35)38-28-16-30-40(42(38)41(37)39)44(45-43,33-21-9-3-10-22-33)34-23-11-4-12-24-34;1-2/h1-30H;1-2H3. The summed E-state index contributed by atoms with van der Waals surface area (Å²) in [6.07, 6.45) is 0. The van der Waals surface area contributed by atoms with Crippen LogP contribution < -0.4 is 0 Å². The lowest BCUT2D eigenvalue weighted by Gasteiger charge is -2.45. The van der Waals surface area contributed by atoms with Crippen molar-refractivity contribution >= 4 is 32.3 Å². The van der Waals surface area contributed by atoms with E-state index < -0.39 is 11.2 Å². The Morgan fingerprint density at radius 2 is 0.574 bits per heavy atom. The average Bonchev–Trinajstić information content (AvgIpc) is 3.29. The molecule has 0 spiro atoms. The van der Waals surface area contributed by atoms with E-state index in [1.807, 2.05) is 13.8 Å². The van der Waals surface area contributed by atoms with Gasteiger partial charge in [-0.2, -0.15) is 0 Å². The van der Waals surface area contributed by atoms with Gasteiger partial charge in [-0.05, 0) is 54.6 Å². The van der Waals surface area contributed by atoms with Crippen molar-refractivity contribution in [3.05, 3.63) is 215 Å². The van der Waals surface area contributed by atoms with E-state index in [-0.39, 0.29) is 0 Å².